The fraction of sp³-hybridized carbons (Fsp3) is 0.125. The minimum atomic E-state index is 0.335. The lowest BCUT2D eigenvalue weighted by atomic mass is 10.3. The average Bonchev–Trinajstić information content (AvgIpc) is 2.63. The number of nitrogens with zero attached hydrogens (tertiary/aromatic N) is 1. The largest absolute Gasteiger partial charge is 0.380 e. The highest BCUT2D eigenvalue weighted by atomic mass is 79.9. The molecule has 0 aliphatic carbocycles. The fourth-order valence-electron chi connectivity index (χ4n) is 1.02. The van der Waals surface area contributed by atoms with E-state index in [0.717, 1.165) is 10.4 Å². The Kier molecular flexibility index (Phi) is 2.55. The summed E-state index contributed by atoms with van der Waals surface area (Å²) < 4.78 is 5.73. The second kappa shape index (κ2) is 3.56. The molecule has 2 N–H and O–H groups in total. The van der Waals surface area contributed by atoms with Gasteiger partial charge < -0.3 is 10.3 Å². The molecule has 0 saturated heterocycles. The van der Waals surface area contributed by atoms with E-state index in [4.69, 9.17) is 21.9 Å². The standard InChI is InChI=1S/C8H6BrClN2OS/c1-3-2-14-7(5(3)10)6-4(9)8(11)12-13-6/h2H,1H3,(H2,11,12). The summed E-state index contributed by atoms with van der Waals surface area (Å²) in [4.78, 5) is 0.847. The van der Waals surface area contributed by atoms with Gasteiger partial charge in [0, 0.05) is 0 Å². The highest BCUT2D eigenvalue weighted by Gasteiger charge is 2.18. The van der Waals surface area contributed by atoms with Crippen molar-refractivity contribution >= 4 is 44.7 Å². The van der Waals surface area contributed by atoms with Crippen LogP contribution in [0.3, 0.4) is 0 Å². The van der Waals surface area contributed by atoms with E-state index in [1.165, 1.54) is 11.3 Å². The van der Waals surface area contributed by atoms with Gasteiger partial charge in [0.05, 0.1) is 9.90 Å². The van der Waals surface area contributed by atoms with Gasteiger partial charge in [-0.05, 0) is 33.8 Å². The Morgan fingerprint density at radius 1 is 1.64 bits per heavy atom. The maximum Gasteiger partial charge on any atom is 0.194 e. The summed E-state index contributed by atoms with van der Waals surface area (Å²) in [5.41, 5.74) is 6.57. The number of nitrogen functional groups attached to an aromatic ring is 1. The van der Waals surface area contributed by atoms with Gasteiger partial charge in [0.25, 0.3) is 0 Å². The summed E-state index contributed by atoms with van der Waals surface area (Å²) in [5, 5.41) is 6.29. The zero-order valence-electron chi connectivity index (χ0n) is 7.17. The van der Waals surface area contributed by atoms with E-state index in [2.05, 4.69) is 21.1 Å². The Balaban J connectivity index is 2.60. The molecule has 0 bridgehead atoms. The second-order valence-electron chi connectivity index (χ2n) is 2.77. The van der Waals surface area contributed by atoms with Crippen molar-refractivity contribution in [1.29, 1.82) is 0 Å². The molecule has 0 aliphatic rings. The minimum absolute atomic E-state index is 0.335. The molecule has 0 fully saturated rings. The maximum atomic E-state index is 6.09. The molecule has 0 saturated carbocycles. The van der Waals surface area contributed by atoms with Crippen molar-refractivity contribution < 1.29 is 4.52 Å². The Morgan fingerprint density at radius 2 is 2.36 bits per heavy atom. The third-order valence-corrected chi connectivity index (χ3v) is 4.23. The highest BCUT2D eigenvalue weighted by molar-refractivity contribution is 9.10. The predicted molar refractivity (Wildman–Crippen MR) is 61.7 cm³/mol. The van der Waals surface area contributed by atoms with Crippen LogP contribution >= 0.6 is 38.9 Å². The zero-order valence-corrected chi connectivity index (χ0v) is 10.3. The van der Waals surface area contributed by atoms with E-state index >= 15 is 0 Å². The number of anilines is 1. The summed E-state index contributed by atoms with van der Waals surface area (Å²) >= 11 is 10.9. The summed E-state index contributed by atoms with van der Waals surface area (Å²) in [6.45, 7) is 1.94. The molecule has 0 aromatic carbocycles. The van der Waals surface area contributed by atoms with Gasteiger partial charge in [0.2, 0.25) is 0 Å². The van der Waals surface area contributed by atoms with Gasteiger partial charge in [-0.15, -0.1) is 11.3 Å². The van der Waals surface area contributed by atoms with E-state index in [1.54, 1.807) is 0 Å². The number of aryl methyl sites for hydroxylation is 1. The number of hydrogen-bond acceptors (Lipinski definition) is 4. The van der Waals surface area contributed by atoms with Crippen molar-refractivity contribution in [2.45, 2.75) is 6.92 Å². The number of halogens is 2. The molecule has 0 spiro atoms. The minimum Gasteiger partial charge on any atom is -0.380 e. The third-order valence-electron chi connectivity index (χ3n) is 1.76. The van der Waals surface area contributed by atoms with Crippen molar-refractivity contribution in [3.05, 3.63) is 20.4 Å². The van der Waals surface area contributed by atoms with Crippen molar-refractivity contribution in [1.82, 2.24) is 5.16 Å². The predicted octanol–water partition coefficient (Wildman–Crippen LogP) is 3.71. The monoisotopic (exact) mass is 292 g/mol. The van der Waals surface area contributed by atoms with Crippen LogP contribution in [0, 0.1) is 6.92 Å². The molecular formula is C8H6BrClN2OS. The first-order valence-electron chi connectivity index (χ1n) is 3.76. The fourth-order valence-corrected chi connectivity index (χ4v) is 2.75. The zero-order chi connectivity index (χ0) is 10.3. The molecule has 2 rings (SSSR count). The molecule has 2 heterocycles. The molecule has 14 heavy (non-hydrogen) atoms. The SMILES string of the molecule is Cc1csc(-c2onc(N)c2Br)c1Cl. The summed E-state index contributed by atoms with van der Waals surface area (Å²) in [6, 6.07) is 0. The lowest BCUT2D eigenvalue weighted by Crippen LogP contribution is -1.82. The van der Waals surface area contributed by atoms with Crippen LogP contribution < -0.4 is 5.73 Å². The number of rotatable bonds is 1. The first-order chi connectivity index (χ1) is 6.61. The van der Waals surface area contributed by atoms with Crippen LogP contribution in [0.25, 0.3) is 10.6 Å². The number of hydrogen-bond donors (Lipinski definition) is 1. The molecule has 2 aromatic heterocycles. The quantitative estimate of drug-likeness (QED) is 0.872. The van der Waals surface area contributed by atoms with Crippen LogP contribution in [0.4, 0.5) is 5.82 Å². The first kappa shape index (κ1) is 10.0. The Morgan fingerprint density at radius 3 is 2.79 bits per heavy atom. The van der Waals surface area contributed by atoms with Crippen molar-refractivity contribution in [2.24, 2.45) is 0 Å². The Hall–Kier alpha value is -0.520. The van der Waals surface area contributed by atoms with Gasteiger partial charge in [-0.3, -0.25) is 0 Å². The van der Waals surface area contributed by atoms with Crippen LogP contribution in [0.1, 0.15) is 5.56 Å². The molecule has 0 atom stereocenters. The van der Waals surface area contributed by atoms with E-state index < -0.39 is 0 Å². The molecule has 0 unspecified atom stereocenters. The van der Waals surface area contributed by atoms with Gasteiger partial charge in [0.1, 0.15) is 4.47 Å². The summed E-state index contributed by atoms with van der Waals surface area (Å²) in [5.74, 6) is 0.924. The van der Waals surface area contributed by atoms with Crippen LogP contribution in [0.5, 0.6) is 0 Å². The number of aromatic nitrogens is 1. The maximum absolute atomic E-state index is 6.09. The number of thiophene rings is 1. The Labute approximate surface area is 98.0 Å². The van der Waals surface area contributed by atoms with Crippen LogP contribution in [0.15, 0.2) is 14.4 Å². The van der Waals surface area contributed by atoms with Crippen molar-refractivity contribution in [3.8, 4) is 10.6 Å². The topological polar surface area (TPSA) is 52.0 Å². The normalized spacial score (nSPS) is 10.8. The molecule has 3 nitrogen and oxygen atoms in total. The van der Waals surface area contributed by atoms with E-state index in [-0.39, 0.29) is 0 Å². The van der Waals surface area contributed by atoms with Gasteiger partial charge in [0.15, 0.2) is 11.6 Å². The molecule has 6 heteroatoms. The van der Waals surface area contributed by atoms with Gasteiger partial charge in [-0.2, -0.15) is 0 Å². The lowest BCUT2D eigenvalue weighted by Gasteiger charge is -1.92. The average molecular weight is 294 g/mol. The van der Waals surface area contributed by atoms with Crippen LogP contribution in [0.2, 0.25) is 5.02 Å². The van der Waals surface area contributed by atoms with Crippen LogP contribution in [-0.2, 0) is 0 Å². The van der Waals surface area contributed by atoms with E-state index in [0.29, 0.717) is 21.1 Å². The van der Waals surface area contributed by atoms with Crippen molar-refractivity contribution in [3.63, 3.8) is 0 Å². The molecule has 74 valence electrons. The highest BCUT2D eigenvalue weighted by Crippen LogP contribution is 2.41. The molecule has 0 aliphatic heterocycles. The van der Waals surface area contributed by atoms with Crippen molar-refractivity contribution in [2.75, 3.05) is 5.73 Å². The Bertz CT molecular complexity index is 435. The van der Waals surface area contributed by atoms with E-state index in [9.17, 15) is 0 Å². The number of nitrogens with two attached hydrogens (primary N) is 1. The van der Waals surface area contributed by atoms with Crippen LogP contribution in [-0.4, -0.2) is 5.16 Å². The van der Waals surface area contributed by atoms with E-state index in [1.807, 2.05) is 12.3 Å². The van der Waals surface area contributed by atoms with Gasteiger partial charge in [-0.25, -0.2) is 0 Å². The van der Waals surface area contributed by atoms with Gasteiger partial charge in [-0.1, -0.05) is 16.8 Å². The lowest BCUT2D eigenvalue weighted by molar-refractivity contribution is 0.436. The molecular weight excluding hydrogens is 288 g/mol. The smallest absolute Gasteiger partial charge is 0.194 e. The van der Waals surface area contributed by atoms with Gasteiger partial charge >= 0.3 is 0 Å². The first-order valence-corrected chi connectivity index (χ1v) is 5.81. The third kappa shape index (κ3) is 1.45. The summed E-state index contributed by atoms with van der Waals surface area (Å²) in [7, 11) is 0. The molecule has 0 amide bonds. The molecule has 0 radical (unpaired) electrons. The summed E-state index contributed by atoms with van der Waals surface area (Å²) in [6.07, 6.45) is 0. The molecule has 2 aromatic rings. The second-order valence-corrected chi connectivity index (χ2v) is 4.82.